The first kappa shape index (κ1) is 24.4. The average Bonchev–Trinajstić information content (AvgIpc) is 2.62. The number of nitrogens with one attached hydrogen (secondary N) is 1. The van der Waals surface area contributed by atoms with Gasteiger partial charge in [0.2, 0.25) is 5.91 Å². The quantitative estimate of drug-likeness (QED) is 0.302. The van der Waals surface area contributed by atoms with Crippen molar-refractivity contribution in [3.63, 3.8) is 0 Å². The fraction of sp³-hybridized carbons (Fsp3) is 0.952. The molecule has 0 rings (SSSR count). The lowest BCUT2D eigenvalue weighted by Gasteiger charge is -2.06. The molecule has 0 saturated heterocycles. The Morgan fingerprint density at radius 3 is 1.72 bits per heavy atom. The minimum absolute atomic E-state index is 0.0347. The molecule has 150 valence electrons. The van der Waals surface area contributed by atoms with Crippen LogP contribution in [0.4, 0.5) is 0 Å². The Morgan fingerprint density at radius 2 is 1.24 bits per heavy atom. The zero-order valence-electron chi connectivity index (χ0n) is 16.7. The number of carbonyl (C=O) groups is 1. The van der Waals surface area contributed by atoms with E-state index < -0.39 is 0 Å². The van der Waals surface area contributed by atoms with E-state index in [4.69, 9.17) is 9.84 Å². The van der Waals surface area contributed by atoms with Crippen molar-refractivity contribution >= 4 is 5.91 Å². The number of ether oxygens (including phenoxy) is 1. The van der Waals surface area contributed by atoms with Gasteiger partial charge in [0.15, 0.2) is 0 Å². The van der Waals surface area contributed by atoms with Crippen LogP contribution in [-0.4, -0.2) is 37.4 Å². The Morgan fingerprint density at radius 1 is 0.760 bits per heavy atom. The van der Waals surface area contributed by atoms with Gasteiger partial charge >= 0.3 is 0 Å². The molecule has 1 amide bonds. The molecule has 0 bridgehead atoms. The van der Waals surface area contributed by atoms with Crippen molar-refractivity contribution in [2.45, 2.75) is 103 Å². The van der Waals surface area contributed by atoms with E-state index in [0.29, 0.717) is 26.2 Å². The molecule has 0 spiro atoms. The van der Waals surface area contributed by atoms with Crippen molar-refractivity contribution in [2.75, 3.05) is 26.4 Å². The molecule has 4 nitrogen and oxygen atoms in total. The number of unbranched alkanes of at least 4 members (excludes halogenated alkanes) is 13. The van der Waals surface area contributed by atoms with Crippen molar-refractivity contribution in [1.29, 1.82) is 0 Å². The van der Waals surface area contributed by atoms with Crippen LogP contribution in [0.25, 0.3) is 0 Å². The summed E-state index contributed by atoms with van der Waals surface area (Å²) in [6, 6.07) is 0. The van der Waals surface area contributed by atoms with E-state index in [0.717, 1.165) is 12.8 Å². The zero-order valence-corrected chi connectivity index (χ0v) is 16.7. The van der Waals surface area contributed by atoms with E-state index in [2.05, 4.69) is 12.2 Å². The number of rotatable bonds is 20. The number of aliphatic hydroxyl groups is 1. The molecule has 0 unspecified atom stereocenters. The molecule has 0 saturated carbocycles. The van der Waals surface area contributed by atoms with Crippen molar-refractivity contribution < 1.29 is 14.6 Å². The van der Waals surface area contributed by atoms with Crippen LogP contribution in [0.3, 0.4) is 0 Å². The number of hydrogen-bond donors (Lipinski definition) is 2. The molecule has 0 aliphatic heterocycles. The van der Waals surface area contributed by atoms with E-state index in [-0.39, 0.29) is 12.5 Å². The van der Waals surface area contributed by atoms with Gasteiger partial charge in [-0.25, -0.2) is 0 Å². The summed E-state index contributed by atoms with van der Waals surface area (Å²) >= 11 is 0. The van der Waals surface area contributed by atoms with E-state index in [1.807, 2.05) is 0 Å². The zero-order chi connectivity index (χ0) is 18.4. The second-order valence-corrected chi connectivity index (χ2v) is 7.03. The summed E-state index contributed by atoms with van der Waals surface area (Å²) in [6.45, 7) is 3.66. The van der Waals surface area contributed by atoms with E-state index in [1.54, 1.807) is 0 Å². The van der Waals surface area contributed by atoms with Gasteiger partial charge in [-0.05, 0) is 6.42 Å². The molecule has 0 atom stereocenters. The summed E-state index contributed by atoms with van der Waals surface area (Å²) in [5.41, 5.74) is 0. The van der Waals surface area contributed by atoms with Crippen LogP contribution >= 0.6 is 0 Å². The van der Waals surface area contributed by atoms with Gasteiger partial charge in [-0.3, -0.25) is 4.79 Å². The van der Waals surface area contributed by atoms with Crippen molar-refractivity contribution in [3.8, 4) is 0 Å². The SMILES string of the molecule is CCCCCCCCCCCCCCCCC(=O)NCCOCCO. The summed E-state index contributed by atoms with van der Waals surface area (Å²) < 4.78 is 5.10. The lowest BCUT2D eigenvalue weighted by atomic mass is 10.0. The van der Waals surface area contributed by atoms with Crippen LogP contribution in [0.5, 0.6) is 0 Å². The van der Waals surface area contributed by atoms with Crippen molar-refractivity contribution in [2.24, 2.45) is 0 Å². The highest BCUT2D eigenvalue weighted by molar-refractivity contribution is 5.75. The van der Waals surface area contributed by atoms with E-state index >= 15 is 0 Å². The summed E-state index contributed by atoms with van der Waals surface area (Å²) in [5.74, 6) is 0.117. The van der Waals surface area contributed by atoms with Gasteiger partial charge in [-0.2, -0.15) is 0 Å². The fourth-order valence-electron chi connectivity index (χ4n) is 3.00. The van der Waals surface area contributed by atoms with Crippen LogP contribution in [0.1, 0.15) is 103 Å². The van der Waals surface area contributed by atoms with Crippen molar-refractivity contribution in [1.82, 2.24) is 5.32 Å². The normalized spacial score (nSPS) is 11.0. The van der Waals surface area contributed by atoms with Crippen molar-refractivity contribution in [3.05, 3.63) is 0 Å². The summed E-state index contributed by atoms with van der Waals surface area (Å²) in [5, 5.41) is 11.4. The highest BCUT2D eigenvalue weighted by Gasteiger charge is 2.00. The molecule has 25 heavy (non-hydrogen) atoms. The predicted molar refractivity (Wildman–Crippen MR) is 106 cm³/mol. The first-order chi connectivity index (χ1) is 12.3. The molecule has 0 aliphatic rings. The standard InChI is InChI=1S/C21H43NO3/c1-2-3-4-5-6-7-8-9-10-11-12-13-14-15-16-21(24)22-17-19-25-20-18-23/h23H,2-20H2,1H3,(H,22,24). The van der Waals surface area contributed by atoms with Gasteiger partial charge in [-0.1, -0.05) is 90.4 Å². The molecule has 0 aromatic rings. The lowest BCUT2D eigenvalue weighted by Crippen LogP contribution is -2.27. The third kappa shape index (κ3) is 21.3. The maximum absolute atomic E-state index is 11.6. The maximum Gasteiger partial charge on any atom is 0.220 e. The van der Waals surface area contributed by atoms with Gasteiger partial charge in [0.05, 0.1) is 19.8 Å². The van der Waals surface area contributed by atoms with Gasteiger partial charge in [0.1, 0.15) is 0 Å². The van der Waals surface area contributed by atoms with Crippen LogP contribution in [0.2, 0.25) is 0 Å². The monoisotopic (exact) mass is 357 g/mol. The minimum atomic E-state index is 0.0347. The van der Waals surface area contributed by atoms with Gasteiger partial charge in [0, 0.05) is 13.0 Å². The van der Waals surface area contributed by atoms with Crippen LogP contribution in [-0.2, 0) is 9.53 Å². The van der Waals surface area contributed by atoms with E-state index in [1.165, 1.54) is 77.0 Å². The minimum Gasteiger partial charge on any atom is -0.394 e. The second kappa shape index (κ2) is 21.4. The molecular weight excluding hydrogens is 314 g/mol. The molecule has 0 aliphatic carbocycles. The summed E-state index contributed by atoms with van der Waals surface area (Å²) in [7, 11) is 0. The Labute approximate surface area is 156 Å². The fourth-order valence-corrected chi connectivity index (χ4v) is 3.00. The number of amides is 1. The second-order valence-electron chi connectivity index (χ2n) is 7.03. The highest BCUT2D eigenvalue weighted by atomic mass is 16.5. The molecule has 0 fully saturated rings. The molecular formula is C21H43NO3. The van der Waals surface area contributed by atoms with Crippen LogP contribution < -0.4 is 5.32 Å². The number of carbonyl (C=O) groups excluding carboxylic acids is 1. The Kier molecular flexibility index (Phi) is 20.9. The third-order valence-corrected chi connectivity index (χ3v) is 4.56. The predicted octanol–water partition coefficient (Wildman–Crippen LogP) is 4.98. The molecule has 0 aromatic carbocycles. The Bertz CT molecular complexity index is 272. The van der Waals surface area contributed by atoms with Gasteiger partial charge in [0.25, 0.3) is 0 Å². The topological polar surface area (TPSA) is 58.6 Å². The van der Waals surface area contributed by atoms with Crippen LogP contribution in [0, 0.1) is 0 Å². The largest absolute Gasteiger partial charge is 0.394 e. The lowest BCUT2D eigenvalue weighted by molar-refractivity contribution is -0.121. The van der Waals surface area contributed by atoms with Gasteiger partial charge in [-0.15, -0.1) is 0 Å². The molecule has 4 heteroatoms. The smallest absolute Gasteiger partial charge is 0.220 e. The molecule has 0 heterocycles. The number of aliphatic hydroxyl groups excluding tert-OH is 1. The van der Waals surface area contributed by atoms with E-state index in [9.17, 15) is 4.79 Å². The average molecular weight is 358 g/mol. The molecule has 0 radical (unpaired) electrons. The highest BCUT2D eigenvalue weighted by Crippen LogP contribution is 2.13. The van der Waals surface area contributed by atoms with Gasteiger partial charge < -0.3 is 15.2 Å². The third-order valence-electron chi connectivity index (χ3n) is 4.56. The number of hydrogen-bond acceptors (Lipinski definition) is 3. The first-order valence-electron chi connectivity index (χ1n) is 10.8. The molecule has 0 aromatic heterocycles. The maximum atomic E-state index is 11.6. The van der Waals surface area contributed by atoms with Crippen LogP contribution in [0.15, 0.2) is 0 Å². The summed E-state index contributed by atoms with van der Waals surface area (Å²) in [4.78, 5) is 11.6. The Hall–Kier alpha value is -0.610. The first-order valence-corrected chi connectivity index (χ1v) is 10.8. The summed E-state index contributed by atoms with van der Waals surface area (Å²) in [6.07, 6.45) is 19.3. The molecule has 2 N–H and O–H groups in total. The Balaban J connectivity index is 3.09.